The fraction of sp³-hybridized carbons (Fsp3) is 0.471. The van der Waals surface area contributed by atoms with Crippen molar-refractivity contribution in [1.29, 1.82) is 0 Å². The van der Waals surface area contributed by atoms with Gasteiger partial charge in [0.1, 0.15) is 5.75 Å². The van der Waals surface area contributed by atoms with Crippen LogP contribution in [0.1, 0.15) is 18.4 Å². The molecule has 1 amide bonds. The Bertz CT molecular complexity index is 531. The lowest BCUT2D eigenvalue weighted by molar-refractivity contribution is 0.201. The zero-order valence-electron chi connectivity index (χ0n) is 13.1. The summed E-state index contributed by atoms with van der Waals surface area (Å²) >= 11 is 0. The Labute approximate surface area is 131 Å². The maximum absolute atomic E-state index is 11.2. The molecule has 0 fully saturated rings. The molecule has 0 saturated heterocycles. The molecule has 0 unspecified atom stereocenters. The number of carbonyl (C=O) groups is 1. The van der Waals surface area contributed by atoms with Gasteiger partial charge in [-0.05, 0) is 50.1 Å². The van der Waals surface area contributed by atoms with Gasteiger partial charge in [0.05, 0.1) is 12.3 Å². The van der Waals surface area contributed by atoms with Gasteiger partial charge in [-0.25, -0.2) is 4.79 Å². The summed E-state index contributed by atoms with van der Waals surface area (Å²) in [6.45, 7) is 6.78. The number of hydrogen-bond donors (Lipinski definition) is 1. The minimum Gasteiger partial charge on any atom is -0.494 e. The van der Waals surface area contributed by atoms with E-state index in [1.807, 2.05) is 24.3 Å². The van der Waals surface area contributed by atoms with E-state index in [0.29, 0.717) is 13.2 Å². The van der Waals surface area contributed by atoms with E-state index < -0.39 is 6.09 Å². The average molecular weight is 304 g/mol. The van der Waals surface area contributed by atoms with Crippen LogP contribution < -0.4 is 9.64 Å². The Hall–Kier alpha value is -2.01. The molecule has 120 valence electrons. The highest BCUT2D eigenvalue weighted by Crippen LogP contribution is 2.30. The first kappa shape index (κ1) is 16.4. The zero-order valence-corrected chi connectivity index (χ0v) is 13.1. The summed E-state index contributed by atoms with van der Waals surface area (Å²) in [6.07, 6.45) is 3.70. The topological polar surface area (TPSA) is 53.0 Å². The number of benzene rings is 1. The SMILES string of the molecule is C=CCN(C)CCCOc1ccc2c(c1)CCCN2C(=O)O. The smallest absolute Gasteiger partial charge is 0.411 e. The first-order chi connectivity index (χ1) is 10.6. The number of carboxylic acid groups (broad SMARTS) is 1. The van der Waals surface area contributed by atoms with Gasteiger partial charge in [-0.15, -0.1) is 6.58 Å². The molecule has 0 saturated carbocycles. The first-order valence-electron chi connectivity index (χ1n) is 7.67. The minimum absolute atomic E-state index is 0.568. The molecule has 1 aliphatic heterocycles. The quantitative estimate of drug-likeness (QED) is 0.621. The van der Waals surface area contributed by atoms with Gasteiger partial charge < -0.3 is 14.7 Å². The molecule has 0 aromatic heterocycles. The molecule has 1 heterocycles. The molecule has 0 bridgehead atoms. The molecular formula is C17H24N2O3. The summed E-state index contributed by atoms with van der Waals surface area (Å²) in [4.78, 5) is 14.8. The Morgan fingerprint density at radius 2 is 2.36 bits per heavy atom. The van der Waals surface area contributed by atoms with Crippen molar-refractivity contribution in [3.8, 4) is 5.75 Å². The van der Waals surface area contributed by atoms with Crippen molar-refractivity contribution in [1.82, 2.24) is 4.90 Å². The molecule has 5 nitrogen and oxygen atoms in total. The van der Waals surface area contributed by atoms with Crippen LogP contribution in [0.3, 0.4) is 0 Å². The Kier molecular flexibility index (Phi) is 5.83. The zero-order chi connectivity index (χ0) is 15.9. The molecule has 0 spiro atoms. The summed E-state index contributed by atoms with van der Waals surface area (Å²) in [7, 11) is 2.06. The number of fused-ring (bicyclic) bond motifs is 1. The second kappa shape index (κ2) is 7.84. The van der Waals surface area contributed by atoms with Crippen LogP contribution in [0.15, 0.2) is 30.9 Å². The van der Waals surface area contributed by atoms with Gasteiger partial charge in [0.2, 0.25) is 0 Å². The van der Waals surface area contributed by atoms with Crippen molar-refractivity contribution >= 4 is 11.8 Å². The third kappa shape index (κ3) is 4.24. The second-order valence-electron chi connectivity index (χ2n) is 5.58. The van der Waals surface area contributed by atoms with Crippen molar-refractivity contribution in [2.75, 3.05) is 38.2 Å². The highest BCUT2D eigenvalue weighted by atomic mass is 16.5. The summed E-state index contributed by atoms with van der Waals surface area (Å²) < 4.78 is 5.78. The van der Waals surface area contributed by atoms with E-state index in [1.54, 1.807) is 0 Å². The van der Waals surface area contributed by atoms with E-state index in [4.69, 9.17) is 4.74 Å². The maximum Gasteiger partial charge on any atom is 0.411 e. The standard InChI is InChI=1S/C17H24N2O3/c1-3-9-18(2)10-5-12-22-15-7-8-16-14(13-15)6-4-11-19(16)17(20)21/h3,7-8,13H,1,4-6,9-12H2,2H3,(H,20,21). The van der Waals surface area contributed by atoms with Crippen molar-refractivity contribution < 1.29 is 14.6 Å². The van der Waals surface area contributed by atoms with Crippen LogP contribution >= 0.6 is 0 Å². The fourth-order valence-corrected chi connectivity index (χ4v) is 2.70. The van der Waals surface area contributed by atoms with Crippen LogP contribution in [0.2, 0.25) is 0 Å². The van der Waals surface area contributed by atoms with E-state index in [0.717, 1.165) is 49.4 Å². The van der Waals surface area contributed by atoms with E-state index in [1.165, 1.54) is 4.90 Å². The van der Waals surface area contributed by atoms with E-state index in [2.05, 4.69) is 18.5 Å². The molecular weight excluding hydrogens is 280 g/mol. The van der Waals surface area contributed by atoms with Gasteiger partial charge in [-0.1, -0.05) is 6.08 Å². The molecule has 0 atom stereocenters. The summed E-state index contributed by atoms with van der Waals surface area (Å²) in [6, 6.07) is 5.67. The highest BCUT2D eigenvalue weighted by Gasteiger charge is 2.22. The van der Waals surface area contributed by atoms with E-state index in [-0.39, 0.29) is 0 Å². The number of nitrogens with zero attached hydrogens (tertiary/aromatic N) is 2. The van der Waals surface area contributed by atoms with Crippen LogP contribution in [0.5, 0.6) is 5.75 Å². The van der Waals surface area contributed by atoms with Gasteiger partial charge in [0, 0.05) is 19.6 Å². The van der Waals surface area contributed by atoms with Gasteiger partial charge in [-0.3, -0.25) is 4.90 Å². The van der Waals surface area contributed by atoms with Crippen LogP contribution in [0, 0.1) is 0 Å². The number of anilines is 1. The van der Waals surface area contributed by atoms with Gasteiger partial charge in [0.25, 0.3) is 0 Å². The lowest BCUT2D eigenvalue weighted by Gasteiger charge is -2.27. The minimum atomic E-state index is -0.889. The number of aryl methyl sites for hydroxylation is 1. The Morgan fingerprint density at radius 1 is 1.55 bits per heavy atom. The Morgan fingerprint density at radius 3 is 3.09 bits per heavy atom. The molecule has 0 aliphatic carbocycles. The molecule has 2 rings (SSSR count). The van der Waals surface area contributed by atoms with E-state index in [9.17, 15) is 9.90 Å². The predicted octanol–water partition coefficient (Wildman–Crippen LogP) is 3.00. The van der Waals surface area contributed by atoms with Crippen molar-refractivity contribution in [3.63, 3.8) is 0 Å². The third-order valence-electron chi connectivity index (χ3n) is 3.79. The lowest BCUT2D eigenvalue weighted by Crippen LogP contribution is -2.34. The number of rotatable bonds is 7. The van der Waals surface area contributed by atoms with Crippen molar-refractivity contribution in [2.45, 2.75) is 19.3 Å². The van der Waals surface area contributed by atoms with Gasteiger partial charge in [-0.2, -0.15) is 0 Å². The molecule has 5 heteroatoms. The maximum atomic E-state index is 11.2. The second-order valence-corrected chi connectivity index (χ2v) is 5.58. The van der Waals surface area contributed by atoms with Gasteiger partial charge >= 0.3 is 6.09 Å². The molecule has 1 aromatic rings. The fourth-order valence-electron chi connectivity index (χ4n) is 2.70. The largest absolute Gasteiger partial charge is 0.494 e. The molecule has 0 radical (unpaired) electrons. The molecule has 1 N–H and O–H groups in total. The third-order valence-corrected chi connectivity index (χ3v) is 3.79. The molecule has 1 aromatic carbocycles. The number of amides is 1. The van der Waals surface area contributed by atoms with E-state index >= 15 is 0 Å². The Balaban J connectivity index is 1.89. The first-order valence-corrected chi connectivity index (χ1v) is 7.67. The predicted molar refractivity (Wildman–Crippen MR) is 87.9 cm³/mol. The normalized spacial score (nSPS) is 13.8. The summed E-state index contributed by atoms with van der Waals surface area (Å²) in [5.41, 5.74) is 1.84. The van der Waals surface area contributed by atoms with Crippen molar-refractivity contribution in [2.24, 2.45) is 0 Å². The summed E-state index contributed by atoms with van der Waals surface area (Å²) in [5, 5.41) is 9.21. The van der Waals surface area contributed by atoms with Crippen LogP contribution in [-0.4, -0.2) is 49.4 Å². The molecule has 22 heavy (non-hydrogen) atoms. The number of hydrogen-bond acceptors (Lipinski definition) is 3. The number of likely N-dealkylation sites (N-methyl/N-ethyl adjacent to an activating group) is 1. The van der Waals surface area contributed by atoms with Crippen LogP contribution in [0.25, 0.3) is 0 Å². The van der Waals surface area contributed by atoms with Crippen LogP contribution in [0.4, 0.5) is 10.5 Å². The number of ether oxygens (including phenoxy) is 1. The molecule has 1 aliphatic rings. The summed E-state index contributed by atoms with van der Waals surface area (Å²) in [5.74, 6) is 0.817. The van der Waals surface area contributed by atoms with Crippen LogP contribution in [-0.2, 0) is 6.42 Å². The monoisotopic (exact) mass is 304 g/mol. The lowest BCUT2D eigenvalue weighted by atomic mass is 10.0. The highest BCUT2D eigenvalue weighted by molar-refractivity contribution is 5.87. The van der Waals surface area contributed by atoms with Crippen molar-refractivity contribution in [3.05, 3.63) is 36.4 Å². The average Bonchev–Trinajstić information content (AvgIpc) is 2.51. The van der Waals surface area contributed by atoms with Gasteiger partial charge in [0.15, 0.2) is 0 Å².